The van der Waals surface area contributed by atoms with E-state index in [-0.39, 0.29) is 16.8 Å². The van der Waals surface area contributed by atoms with Crippen LogP contribution in [0, 0.1) is 6.92 Å². The van der Waals surface area contributed by atoms with E-state index in [1.54, 1.807) is 24.3 Å². The van der Waals surface area contributed by atoms with E-state index in [1.807, 2.05) is 38.1 Å². The highest BCUT2D eigenvalue weighted by Crippen LogP contribution is 2.22. The summed E-state index contributed by atoms with van der Waals surface area (Å²) in [5.74, 6) is -0.211. The van der Waals surface area contributed by atoms with E-state index >= 15 is 0 Å². The predicted molar refractivity (Wildman–Crippen MR) is 120 cm³/mol. The van der Waals surface area contributed by atoms with Crippen LogP contribution in [-0.4, -0.2) is 14.3 Å². The van der Waals surface area contributed by atoms with Crippen molar-refractivity contribution in [2.24, 2.45) is 0 Å². The molecule has 3 rings (SSSR count). The summed E-state index contributed by atoms with van der Waals surface area (Å²) in [6.07, 6.45) is 0.759. The van der Waals surface area contributed by atoms with Crippen molar-refractivity contribution in [3.63, 3.8) is 0 Å². The van der Waals surface area contributed by atoms with Crippen LogP contribution in [0.4, 0.5) is 5.69 Å². The highest BCUT2D eigenvalue weighted by molar-refractivity contribution is 7.92. The molecule has 0 saturated heterocycles. The minimum absolute atomic E-state index is 0.0956. The Hall–Kier alpha value is -2.83. The number of carbonyl (C=O) groups excluding carboxylic acids is 1. The number of carbonyl (C=O) groups is 1. The quantitative estimate of drug-likeness (QED) is 0.519. The molecule has 3 aromatic carbocycles. The summed E-state index contributed by atoms with van der Waals surface area (Å²) in [6.45, 7) is 4.04. The predicted octanol–water partition coefficient (Wildman–Crippen LogP) is 5.33. The summed E-state index contributed by atoms with van der Waals surface area (Å²) in [5, 5.41) is 3.51. The van der Waals surface area contributed by atoms with E-state index in [0.29, 0.717) is 16.3 Å². The van der Waals surface area contributed by atoms with Crippen LogP contribution in [0.1, 0.15) is 40.9 Å². The SMILES string of the molecule is CC[C@H](NC(=O)c1ccc(NS(=O)(=O)c2ccc(Cl)cc2)cc1)c1ccccc1C. The summed E-state index contributed by atoms with van der Waals surface area (Å²) >= 11 is 5.81. The molecule has 2 N–H and O–H groups in total. The number of rotatable bonds is 7. The topological polar surface area (TPSA) is 75.3 Å². The van der Waals surface area contributed by atoms with Gasteiger partial charge in [0.25, 0.3) is 15.9 Å². The number of hydrogen-bond acceptors (Lipinski definition) is 3. The number of nitrogens with one attached hydrogen (secondary N) is 2. The second-order valence-electron chi connectivity index (χ2n) is 6.93. The van der Waals surface area contributed by atoms with Crippen LogP contribution < -0.4 is 10.0 Å². The molecule has 0 fully saturated rings. The molecular weight excluding hydrogens is 420 g/mol. The van der Waals surface area contributed by atoms with E-state index in [1.165, 1.54) is 24.3 Å². The van der Waals surface area contributed by atoms with Gasteiger partial charge in [-0.1, -0.05) is 42.8 Å². The Labute approximate surface area is 182 Å². The van der Waals surface area contributed by atoms with Crippen LogP contribution in [0.5, 0.6) is 0 Å². The van der Waals surface area contributed by atoms with Crippen molar-refractivity contribution >= 4 is 33.2 Å². The molecule has 0 unspecified atom stereocenters. The first-order valence-corrected chi connectivity index (χ1v) is 11.4. The van der Waals surface area contributed by atoms with E-state index in [0.717, 1.165) is 17.5 Å². The zero-order valence-electron chi connectivity index (χ0n) is 16.7. The second-order valence-corrected chi connectivity index (χ2v) is 9.05. The van der Waals surface area contributed by atoms with Gasteiger partial charge in [0.15, 0.2) is 0 Å². The number of anilines is 1. The van der Waals surface area contributed by atoms with Crippen molar-refractivity contribution in [3.8, 4) is 0 Å². The summed E-state index contributed by atoms with van der Waals surface area (Å²) in [4.78, 5) is 12.8. The number of amides is 1. The standard InChI is InChI=1S/C23H23ClN2O3S/c1-3-22(21-7-5-4-6-16(21)2)25-23(27)17-8-12-19(13-9-17)26-30(28,29)20-14-10-18(24)11-15-20/h4-15,22,26H,3H2,1-2H3,(H,25,27)/t22-/m0/s1. The fourth-order valence-electron chi connectivity index (χ4n) is 3.14. The summed E-state index contributed by atoms with van der Waals surface area (Å²) < 4.78 is 27.4. The lowest BCUT2D eigenvalue weighted by Crippen LogP contribution is -2.28. The average Bonchev–Trinajstić information content (AvgIpc) is 2.73. The van der Waals surface area contributed by atoms with Crippen molar-refractivity contribution in [2.45, 2.75) is 31.2 Å². The molecule has 0 radical (unpaired) electrons. The van der Waals surface area contributed by atoms with Gasteiger partial charge in [-0.05, 0) is 73.0 Å². The van der Waals surface area contributed by atoms with Crippen LogP contribution in [0.25, 0.3) is 0 Å². The molecule has 0 bridgehead atoms. The number of benzene rings is 3. The Bertz CT molecular complexity index is 1130. The van der Waals surface area contributed by atoms with Gasteiger partial charge in [0, 0.05) is 16.3 Å². The molecule has 1 atom stereocenters. The summed E-state index contributed by atoms with van der Waals surface area (Å²) in [5.41, 5.74) is 3.03. The van der Waals surface area contributed by atoms with Crippen molar-refractivity contribution in [2.75, 3.05) is 4.72 Å². The molecular formula is C23H23ClN2O3S. The van der Waals surface area contributed by atoms with Crippen LogP contribution in [0.3, 0.4) is 0 Å². The molecule has 0 saturated carbocycles. The summed E-state index contributed by atoms with van der Waals surface area (Å²) in [6, 6.07) is 20.1. The minimum Gasteiger partial charge on any atom is -0.345 e. The molecule has 0 aliphatic heterocycles. The molecule has 0 heterocycles. The number of hydrogen-bond donors (Lipinski definition) is 2. The smallest absolute Gasteiger partial charge is 0.261 e. The van der Waals surface area contributed by atoms with E-state index in [9.17, 15) is 13.2 Å². The van der Waals surface area contributed by atoms with Crippen molar-refractivity contribution in [3.05, 3.63) is 94.5 Å². The van der Waals surface area contributed by atoms with Crippen molar-refractivity contribution in [1.29, 1.82) is 0 Å². The van der Waals surface area contributed by atoms with Gasteiger partial charge in [0.2, 0.25) is 0 Å². The first-order chi connectivity index (χ1) is 14.3. The normalized spacial score (nSPS) is 12.2. The van der Waals surface area contributed by atoms with Crippen molar-refractivity contribution in [1.82, 2.24) is 5.32 Å². The lowest BCUT2D eigenvalue weighted by atomic mass is 9.99. The van der Waals surface area contributed by atoms with Gasteiger partial charge in [0.1, 0.15) is 0 Å². The van der Waals surface area contributed by atoms with Crippen molar-refractivity contribution < 1.29 is 13.2 Å². The Balaban J connectivity index is 1.71. The van der Waals surface area contributed by atoms with Crippen LogP contribution in [-0.2, 0) is 10.0 Å². The average molecular weight is 443 g/mol. The van der Waals surface area contributed by atoms with Crippen LogP contribution >= 0.6 is 11.6 Å². The second kappa shape index (κ2) is 9.32. The molecule has 7 heteroatoms. The highest BCUT2D eigenvalue weighted by Gasteiger charge is 2.17. The van der Waals surface area contributed by atoms with E-state index in [4.69, 9.17) is 11.6 Å². The zero-order chi connectivity index (χ0) is 21.7. The Morgan fingerprint density at radius 3 is 2.20 bits per heavy atom. The lowest BCUT2D eigenvalue weighted by Gasteiger charge is -2.19. The third-order valence-electron chi connectivity index (χ3n) is 4.80. The zero-order valence-corrected chi connectivity index (χ0v) is 18.3. The molecule has 156 valence electrons. The Morgan fingerprint density at radius 1 is 0.967 bits per heavy atom. The highest BCUT2D eigenvalue weighted by atomic mass is 35.5. The fourth-order valence-corrected chi connectivity index (χ4v) is 4.32. The third-order valence-corrected chi connectivity index (χ3v) is 6.45. The van der Waals surface area contributed by atoms with E-state index < -0.39 is 10.0 Å². The molecule has 3 aromatic rings. The molecule has 0 aliphatic rings. The van der Waals surface area contributed by atoms with Gasteiger partial charge >= 0.3 is 0 Å². The van der Waals surface area contributed by atoms with E-state index in [2.05, 4.69) is 10.0 Å². The Morgan fingerprint density at radius 2 is 1.60 bits per heavy atom. The van der Waals surface area contributed by atoms with Gasteiger partial charge in [-0.2, -0.15) is 0 Å². The summed E-state index contributed by atoms with van der Waals surface area (Å²) in [7, 11) is -3.74. The number of sulfonamides is 1. The minimum atomic E-state index is -3.74. The molecule has 5 nitrogen and oxygen atoms in total. The van der Waals surface area contributed by atoms with Gasteiger partial charge in [-0.25, -0.2) is 8.42 Å². The largest absolute Gasteiger partial charge is 0.345 e. The number of aryl methyl sites for hydroxylation is 1. The Kier molecular flexibility index (Phi) is 6.80. The maximum atomic E-state index is 12.7. The molecule has 30 heavy (non-hydrogen) atoms. The third kappa shape index (κ3) is 5.20. The van der Waals surface area contributed by atoms with Gasteiger partial charge in [0.05, 0.1) is 10.9 Å². The fraction of sp³-hybridized carbons (Fsp3) is 0.174. The maximum absolute atomic E-state index is 12.7. The first kappa shape index (κ1) is 21.9. The number of halogens is 1. The van der Waals surface area contributed by atoms with Crippen LogP contribution in [0.15, 0.2) is 77.7 Å². The monoisotopic (exact) mass is 442 g/mol. The van der Waals surface area contributed by atoms with Gasteiger partial charge in [-0.3, -0.25) is 9.52 Å². The van der Waals surface area contributed by atoms with Gasteiger partial charge < -0.3 is 5.32 Å². The van der Waals surface area contributed by atoms with Crippen LogP contribution in [0.2, 0.25) is 5.02 Å². The molecule has 0 aromatic heterocycles. The molecule has 0 aliphatic carbocycles. The van der Waals surface area contributed by atoms with Gasteiger partial charge in [-0.15, -0.1) is 0 Å². The lowest BCUT2D eigenvalue weighted by molar-refractivity contribution is 0.0935. The molecule has 1 amide bonds. The first-order valence-electron chi connectivity index (χ1n) is 9.55. The maximum Gasteiger partial charge on any atom is 0.261 e. The molecule has 0 spiro atoms.